The first kappa shape index (κ1) is 13.6. The molecule has 162 valence electrons. The number of hydrogen-bond donors (Lipinski definition) is 1. The van der Waals surface area contributed by atoms with Gasteiger partial charge in [-0.05, 0) is 48.9 Å². The molecule has 1 saturated heterocycles. The molecule has 1 aliphatic heterocycles. The van der Waals surface area contributed by atoms with Crippen LogP contribution in [0.2, 0.25) is 0 Å². The summed E-state index contributed by atoms with van der Waals surface area (Å²) in [5, 5.41) is 4.59. The molecule has 2 aliphatic carbocycles. The molecular weight excluding hydrogens is 368 g/mol. The van der Waals surface area contributed by atoms with Gasteiger partial charge in [-0.2, -0.15) is 0 Å². The van der Waals surface area contributed by atoms with Crippen LogP contribution in [-0.4, -0.2) is 36.8 Å². The molecule has 0 aromatic carbocycles. The van der Waals surface area contributed by atoms with E-state index in [4.69, 9.17) is 20.5 Å². The Balaban J connectivity index is 2.10. The third-order valence-electron chi connectivity index (χ3n) is 6.00. The molecule has 8 atom stereocenters. The first-order chi connectivity index (χ1) is 17.0. The minimum Gasteiger partial charge on any atom is -0.462 e. The smallest absolute Gasteiger partial charge is 0.308 e. The van der Waals surface area contributed by atoms with E-state index < -0.39 is 78.3 Å². The van der Waals surface area contributed by atoms with Crippen molar-refractivity contribution in [1.29, 1.82) is 1.43 Å². The van der Waals surface area contributed by atoms with Gasteiger partial charge in [-0.3, -0.25) is 9.59 Å². The lowest BCUT2D eigenvalue weighted by Crippen LogP contribution is -2.42. The van der Waals surface area contributed by atoms with Gasteiger partial charge in [0.2, 0.25) is 1.43 Å². The molecule has 0 bridgehead atoms. The lowest BCUT2D eigenvalue weighted by Gasteiger charge is -2.43. The van der Waals surface area contributed by atoms with Crippen molar-refractivity contribution in [1.82, 2.24) is 0 Å². The highest BCUT2D eigenvalue weighted by Crippen LogP contribution is 2.45. The summed E-state index contributed by atoms with van der Waals surface area (Å²) in [7, 11) is 0. The van der Waals surface area contributed by atoms with E-state index in [9.17, 15) is 9.59 Å². The van der Waals surface area contributed by atoms with E-state index in [2.05, 4.69) is 5.11 Å². The maximum Gasteiger partial charge on any atom is 0.308 e. The normalized spacial score (nSPS) is 49.7. The highest BCUT2D eigenvalue weighted by Gasteiger charge is 2.42. The second kappa shape index (κ2) is 9.46. The van der Waals surface area contributed by atoms with Crippen molar-refractivity contribution in [2.75, 3.05) is 0 Å². The van der Waals surface area contributed by atoms with Gasteiger partial charge >= 0.3 is 11.9 Å². The summed E-state index contributed by atoms with van der Waals surface area (Å²) in [5.74, 6) is -7.64. The quantitative estimate of drug-likeness (QED) is 0.635. The molecule has 1 N–H and O–H groups in total. The number of aliphatic hydroxyl groups excluding tert-OH is 1. The number of rotatable bonds is 7. The summed E-state index contributed by atoms with van der Waals surface area (Å²) >= 11 is 0. The molecule has 5 heteroatoms. The molecule has 0 aromatic rings. The van der Waals surface area contributed by atoms with Crippen molar-refractivity contribution in [2.24, 2.45) is 29.5 Å². The van der Waals surface area contributed by atoms with Gasteiger partial charge in [-0.15, -0.1) is 0 Å². The molecule has 29 heavy (non-hydrogen) atoms. The minimum atomic E-state index is -2.53. The van der Waals surface area contributed by atoms with Crippen molar-refractivity contribution >= 4 is 11.9 Å². The van der Waals surface area contributed by atoms with Crippen LogP contribution in [0.15, 0.2) is 23.7 Å². The zero-order chi connectivity index (χ0) is 28.1. The van der Waals surface area contributed by atoms with E-state index in [1.165, 1.54) is 13.8 Å². The number of fused-ring (bicyclic) bond motifs is 1. The van der Waals surface area contributed by atoms with Crippen LogP contribution < -0.4 is 0 Å². The Morgan fingerprint density at radius 3 is 3.03 bits per heavy atom. The Bertz CT molecular complexity index is 992. The lowest BCUT2D eigenvalue weighted by molar-refractivity contribution is -0.162. The van der Waals surface area contributed by atoms with E-state index in [-0.39, 0.29) is 37.3 Å². The molecule has 5 nitrogen and oxygen atoms in total. The fraction of sp³-hybridized carbons (Fsp3) is 0.750. The first-order valence-electron chi connectivity index (χ1n) is 14.3. The van der Waals surface area contributed by atoms with Crippen LogP contribution in [0.5, 0.6) is 0 Å². The molecular formula is C24H36O5. The molecule has 0 aromatic heterocycles. The van der Waals surface area contributed by atoms with Crippen LogP contribution in [0.1, 0.15) is 75.8 Å². The van der Waals surface area contributed by atoms with E-state index in [0.717, 1.165) is 0 Å². The third-order valence-corrected chi connectivity index (χ3v) is 6.00. The number of ether oxygens (including phenoxy) is 2. The molecule has 0 radical (unpaired) electrons. The summed E-state index contributed by atoms with van der Waals surface area (Å²) in [6, 6.07) is -1.26. The van der Waals surface area contributed by atoms with E-state index in [1.807, 2.05) is 0 Å². The predicted octanol–water partition coefficient (Wildman–Crippen LogP) is 4.20. The Morgan fingerprint density at radius 2 is 2.31 bits per heavy atom. The zero-order valence-corrected chi connectivity index (χ0v) is 17.5. The topological polar surface area (TPSA) is 72.8 Å². The van der Waals surface area contributed by atoms with Crippen molar-refractivity contribution in [3.8, 4) is 0 Å². The zero-order valence-electron chi connectivity index (χ0n) is 25.5. The second-order valence-electron chi connectivity index (χ2n) is 8.29. The van der Waals surface area contributed by atoms with E-state index in [1.54, 1.807) is 13.8 Å². The maximum atomic E-state index is 12.9. The Morgan fingerprint density at radius 1 is 1.52 bits per heavy atom. The number of carbonyl (C=O) groups excluding carboxylic acids is 2. The SMILES string of the molecule is [2H]O[C@H]1CC(=O)OC(CC[C@@H]2[C@@H]3C(=C([2H])[C@]([2H])(C)C([2H])([2H])[C@@H]3OC(=O)[C@@H](C)CC)C([2H])=C([2H])[C@]2([2H])C)C1. The fourth-order valence-corrected chi connectivity index (χ4v) is 4.12. The van der Waals surface area contributed by atoms with Gasteiger partial charge in [0.05, 0.1) is 22.6 Å². The number of carbonyl (C=O) groups is 2. The fourth-order valence-electron chi connectivity index (χ4n) is 4.12. The van der Waals surface area contributed by atoms with Gasteiger partial charge < -0.3 is 14.6 Å². The molecule has 3 aliphatic rings. The lowest BCUT2D eigenvalue weighted by atomic mass is 9.65. The monoisotopic (exact) mass is 412 g/mol. The number of esters is 2. The second-order valence-corrected chi connectivity index (χ2v) is 8.29. The summed E-state index contributed by atoms with van der Waals surface area (Å²) in [6.45, 7) is 6.06. The average molecular weight is 413 g/mol. The van der Waals surface area contributed by atoms with Crippen LogP contribution >= 0.6 is 0 Å². The number of allylic oxidation sites excluding steroid dienone is 3. The van der Waals surface area contributed by atoms with Crippen LogP contribution in [0.3, 0.4) is 0 Å². The van der Waals surface area contributed by atoms with Crippen LogP contribution in [0, 0.1) is 29.5 Å². The third kappa shape index (κ3) is 5.30. The summed E-state index contributed by atoms with van der Waals surface area (Å²) in [5.41, 5.74) is -0.0534. The largest absolute Gasteiger partial charge is 0.462 e. The maximum absolute atomic E-state index is 12.9. The van der Waals surface area contributed by atoms with Gasteiger partial charge in [-0.1, -0.05) is 45.9 Å². The van der Waals surface area contributed by atoms with E-state index in [0.29, 0.717) is 6.42 Å². The Labute approximate surface area is 185 Å². The van der Waals surface area contributed by atoms with Crippen LogP contribution in [-0.2, 0) is 19.1 Å². The molecule has 1 unspecified atom stereocenters. The van der Waals surface area contributed by atoms with Gasteiger partial charge in [0.1, 0.15) is 12.2 Å². The molecule has 1 fully saturated rings. The molecule has 0 saturated carbocycles. The van der Waals surface area contributed by atoms with Crippen LogP contribution in [0.4, 0.5) is 0 Å². The van der Waals surface area contributed by atoms with E-state index >= 15 is 0 Å². The van der Waals surface area contributed by atoms with Crippen LogP contribution in [0.25, 0.3) is 0 Å². The summed E-state index contributed by atoms with van der Waals surface area (Å²) in [4.78, 5) is 24.8. The van der Waals surface area contributed by atoms with Gasteiger partial charge in [0, 0.05) is 17.8 Å². The Hall–Kier alpha value is -1.62. The van der Waals surface area contributed by atoms with Crippen molar-refractivity contribution in [3.63, 3.8) is 0 Å². The van der Waals surface area contributed by atoms with Gasteiger partial charge in [0.15, 0.2) is 0 Å². The minimum absolute atomic E-state index is 0.0466. The van der Waals surface area contributed by atoms with Gasteiger partial charge in [-0.25, -0.2) is 0 Å². The van der Waals surface area contributed by atoms with Crippen molar-refractivity contribution in [3.05, 3.63) is 23.7 Å². The molecule has 3 rings (SSSR count). The molecule has 0 spiro atoms. The predicted molar refractivity (Wildman–Crippen MR) is 111 cm³/mol. The summed E-state index contributed by atoms with van der Waals surface area (Å²) in [6.07, 6.45) is -4.38. The average Bonchev–Trinajstić information content (AvgIpc) is 2.82. The highest BCUT2D eigenvalue weighted by molar-refractivity contribution is 5.72. The first-order valence-corrected chi connectivity index (χ1v) is 10.4. The molecule has 1 heterocycles. The summed E-state index contributed by atoms with van der Waals surface area (Å²) < 4.78 is 79.6. The van der Waals surface area contributed by atoms with Crippen molar-refractivity contribution in [2.45, 2.75) is 84.5 Å². The number of hydrogen-bond acceptors (Lipinski definition) is 5. The van der Waals surface area contributed by atoms with Crippen molar-refractivity contribution < 1.29 is 33.8 Å². The highest BCUT2D eigenvalue weighted by atomic mass is 16.5. The van der Waals surface area contributed by atoms with Gasteiger partial charge in [0.25, 0.3) is 0 Å². The number of aliphatic hydroxyl groups is 1. The molecule has 0 amide bonds. The number of cyclic esters (lactones) is 1. The standard InChI is InChI=1S/C24H36O5/c1-5-15(3)24(27)29-21-11-14(2)10-17-7-6-16(4)20(23(17)21)9-8-19-12-18(25)13-22(26)28-19/h6-7,10,14-16,18-21,23,25H,5,8-9,11-13H2,1-4H3/t14-,15-,16-,18+,19?,20-,21-,23-/m0/s1/i6D,7D,10D,11D2,14D,16D,25D. The Kier molecular flexibility index (Phi) is 4.45.